The Morgan fingerprint density at radius 1 is 1.31 bits per heavy atom. The van der Waals surface area contributed by atoms with E-state index in [1.54, 1.807) is 0 Å². The predicted molar refractivity (Wildman–Crippen MR) is 69.7 cm³/mol. The second kappa shape index (κ2) is 4.92. The Bertz CT molecular complexity index is 466. The van der Waals surface area contributed by atoms with Gasteiger partial charge < -0.3 is 10.2 Å². The maximum absolute atomic E-state index is 5.81. The molecule has 1 unspecified atom stereocenters. The first-order valence-corrected chi connectivity index (χ1v) is 6.13. The van der Waals surface area contributed by atoms with Gasteiger partial charge in [0.15, 0.2) is 0 Å². The van der Waals surface area contributed by atoms with Crippen LogP contribution < -0.4 is 5.73 Å². The van der Waals surface area contributed by atoms with E-state index in [0.29, 0.717) is 11.8 Å². The molecule has 16 heavy (non-hydrogen) atoms. The van der Waals surface area contributed by atoms with E-state index in [1.807, 2.05) is 31.2 Å². The van der Waals surface area contributed by atoms with Crippen molar-refractivity contribution in [1.82, 2.24) is 10.2 Å². The summed E-state index contributed by atoms with van der Waals surface area (Å²) in [5, 5.41) is 7.93. The third-order valence-electron chi connectivity index (χ3n) is 2.29. The van der Waals surface area contributed by atoms with Crippen molar-refractivity contribution in [1.29, 1.82) is 0 Å². The van der Waals surface area contributed by atoms with E-state index in [4.69, 9.17) is 10.2 Å². The summed E-state index contributed by atoms with van der Waals surface area (Å²) in [6, 6.07) is 7.73. The average molecular weight is 329 g/mol. The number of nitrogens with zero attached hydrogens (tertiary/aromatic N) is 2. The third-order valence-corrected chi connectivity index (χ3v) is 3.01. The van der Waals surface area contributed by atoms with Gasteiger partial charge in [-0.1, -0.05) is 6.92 Å². The fraction of sp³-hybridized carbons (Fsp3) is 0.273. The number of benzene rings is 1. The fourth-order valence-corrected chi connectivity index (χ4v) is 1.63. The summed E-state index contributed by atoms with van der Waals surface area (Å²) in [4.78, 5) is 0. The zero-order chi connectivity index (χ0) is 11.5. The molecule has 5 heteroatoms. The molecule has 1 aromatic carbocycles. The van der Waals surface area contributed by atoms with Gasteiger partial charge in [-0.25, -0.2) is 0 Å². The second-order valence-corrected chi connectivity index (χ2v) is 4.71. The van der Waals surface area contributed by atoms with Crippen LogP contribution in [0.25, 0.3) is 11.5 Å². The van der Waals surface area contributed by atoms with Gasteiger partial charge in [0, 0.05) is 9.13 Å². The van der Waals surface area contributed by atoms with Crippen LogP contribution in [0.4, 0.5) is 0 Å². The molecule has 2 rings (SSSR count). The molecule has 0 aliphatic carbocycles. The van der Waals surface area contributed by atoms with Gasteiger partial charge in [-0.2, -0.15) is 0 Å². The van der Waals surface area contributed by atoms with Crippen LogP contribution in [0.2, 0.25) is 0 Å². The van der Waals surface area contributed by atoms with E-state index >= 15 is 0 Å². The first-order valence-electron chi connectivity index (χ1n) is 5.05. The van der Waals surface area contributed by atoms with E-state index in [1.165, 1.54) is 3.57 Å². The van der Waals surface area contributed by atoms with Gasteiger partial charge in [0.05, 0.1) is 6.04 Å². The van der Waals surface area contributed by atoms with Crippen LogP contribution in [0.3, 0.4) is 0 Å². The van der Waals surface area contributed by atoms with E-state index in [9.17, 15) is 0 Å². The normalized spacial score (nSPS) is 12.7. The van der Waals surface area contributed by atoms with Crippen LogP contribution in [-0.2, 0) is 0 Å². The van der Waals surface area contributed by atoms with E-state index < -0.39 is 0 Å². The third kappa shape index (κ3) is 2.41. The maximum Gasteiger partial charge on any atom is 0.247 e. The lowest BCUT2D eigenvalue weighted by Crippen LogP contribution is -2.08. The van der Waals surface area contributed by atoms with Crippen molar-refractivity contribution in [3.63, 3.8) is 0 Å². The Kier molecular flexibility index (Phi) is 3.55. The first kappa shape index (κ1) is 11.5. The Morgan fingerprint density at radius 2 is 2.00 bits per heavy atom. The largest absolute Gasteiger partial charge is 0.419 e. The Balaban J connectivity index is 2.28. The summed E-state index contributed by atoms with van der Waals surface area (Å²) in [5.74, 6) is 1.02. The predicted octanol–water partition coefficient (Wildman–Crippen LogP) is 2.75. The minimum atomic E-state index is -0.176. The van der Waals surface area contributed by atoms with Gasteiger partial charge >= 0.3 is 0 Å². The molecule has 1 atom stereocenters. The minimum Gasteiger partial charge on any atom is -0.419 e. The number of hydrogen-bond acceptors (Lipinski definition) is 4. The van der Waals surface area contributed by atoms with Crippen LogP contribution in [0.1, 0.15) is 25.3 Å². The Labute approximate surface area is 107 Å². The van der Waals surface area contributed by atoms with Gasteiger partial charge in [0.1, 0.15) is 0 Å². The van der Waals surface area contributed by atoms with Gasteiger partial charge in [0.2, 0.25) is 11.8 Å². The summed E-state index contributed by atoms with van der Waals surface area (Å²) >= 11 is 2.25. The molecule has 0 aliphatic rings. The van der Waals surface area contributed by atoms with Crippen molar-refractivity contribution in [3.05, 3.63) is 33.7 Å². The van der Waals surface area contributed by atoms with Crippen molar-refractivity contribution in [3.8, 4) is 11.5 Å². The van der Waals surface area contributed by atoms with E-state index in [2.05, 4.69) is 32.8 Å². The highest BCUT2D eigenvalue weighted by Crippen LogP contribution is 2.21. The molecule has 0 saturated heterocycles. The van der Waals surface area contributed by atoms with Gasteiger partial charge in [-0.05, 0) is 53.3 Å². The number of hydrogen-bond donors (Lipinski definition) is 1. The van der Waals surface area contributed by atoms with Crippen LogP contribution >= 0.6 is 22.6 Å². The summed E-state index contributed by atoms with van der Waals surface area (Å²) in [6.45, 7) is 1.99. The Morgan fingerprint density at radius 3 is 2.62 bits per heavy atom. The van der Waals surface area contributed by atoms with Gasteiger partial charge in [-0.3, -0.25) is 0 Å². The van der Waals surface area contributed by atoms with Crippen LogP contribution in [-0.4, -0.2) is 10.2 Å². The lowest BCUT2D eigenvalue weighted by molar-refractivity contribution is 0.452. The van der Waals surface area contributed by atoms with Gasteiger partial charge in [-0.15, -0.1) is 10.2 Å². The second-order valence-electron chi connectivity index (χ2n) is 3.47. The summed E-state index contributed by atoms with van der Waals surface area (Å²) in [6.07, 6.45) is 0.786. The van der Waals surface area contributed by atoms with Crippen LogP contribution in [0, 0.1) is 3.57 Å². The Hall–Kier alpha value is -0.950. The molecule has 0 bridgehead atoms. The maximum atomic E-state index is 5.81. The van der Waals surface area contributed by atoms with Crippen molar-refractivity contribution in [2.45, 2.75) is 19.4 Å². The number of nitrogens with two attached hydrogens (primary N) is 1. The summed E-state index contributed by atoms with van der Waals surface area (Å²) in [7, 11) is 0. The van der Waals surface area contributed by atoms with E-state index in [-0.39, 0.29) is 6.04 Å². The van der Waals surface area contributed by atoms with Gasteiger partial charge in [0.25, 0.3) is 0 Å². The lowest BCUT2D eigenvalue weighted by Gasteiger charge is -2.00. The molecular weight excluding hydrogens is 317 g/mol. The quantitative estimate of drug-likeness (QED) is 0.880. The average Bonchev–Trinajstić information content (AvgIpc) is 2.78. The highest BCUT2D eigenvalue weighted by atomic mass is 127. The van der Waals surface area contributed by atoms with E-state index in [0.717, 1.165) is 12.0 Å². The topological polar surface area (TPSA) is 64.9 Å². The number of rotatable bonds is 3. The summed E-state index contributed by atoms with van der Waals surface area (Å²) in [5.41, 5.74) is 6.73. The lowest BCUT2D eigenvalue weighted by atomic mass is 10.2. The van der Waals surface area contributed by atoms with Crippen molar-refractivity contribution >= 4 is 22.6 Å². The molecule has 2 aromatic rings. The zero-order valence-corrected chi connectivity index (χ0v) is 11.0. The summed E-state index contributed by atoms with van der Waals surface area (Å²) < 4.78 is 6.69. The molecule has 0 radical (unpaired) electrons. The standard InChI is InChI=1S/C11H12IN3O/c1-2-9(13)11-15-14-10(16-11)7-3-5-8(12)6-4-7/h3-6,9H,2,13H2,1H3. The zero-order valence-electron chi connectivity index (χ0n) is 8.85. The van der Waals surface area contributed by atoms with Crippen LogP contribution in [0.15, 0.2) is 28.7 Å². The molecule has 1 heterocycles. The smallest absolute Gasteiger partial charge is 0.247 e. The van der Waals surface area contributed by atoms with Crippen molar-refractivity contribution < 1.29 is 4.42 Å². The first-order chi connectivity index (χ1) is 7.70. The molecule has 1 aromatic heterocycles. The number of aromatic nitrogens is 2. The monoisotopic (exact) mass is 329 g/mol. The minimum absolute atomic E-state index is 0.176. The molecule has 84 valence electrons. The fourth-order valence-electron chi connectivity index (χ4n) is 1.27. The number of halogens is 1. The molecule has 0 amide bonds. The molecule has 0 aliphatic heterocycles. The molecule has 2 N–H and O–H groups in total. The molecule has 0 saturated carbocycles. The SMILES string of the molecule is CCC(N)c1nnc(-c2ccc(I)cc2)o1. The molecular formula is C11H12IN3O. The molecule has 4 nitrogen and oxygen atoms in total. The van der Waals surface area contributed by atoms with Crippen molar-refractivity contribution in [2.75, 3.05) is 0 Å². The van der Waals surface area contributed by atoms with Crippen molar-refractivity contribution in [2.24, 2.45) is 5.73 Å². The molecule has 0 spiro atoms. The highest BCUT2D eigenvalue weighted by Gasteiger charge is 2.13. The van der Waals surface area contributed by atoms with Crippen LogP contribution in [0.5, 0.6) is 0 Å². The molecule has 0 fully saturated rings. The highest BCUT2D eigenvalue weighted by molar-refractivity contribution is 14.1.